The van der Waals surface area contributed by atoms with Crippen molar-refractivity contribution in [2.45, 2.75) is 166 Å². The molecule has 0 N–H and O–H groups in total. The lowest BCUT2D eigenvalue weighted by Gasteiger charge is -2.67. The molecule has 8 aliphatic rings. The van der Waals surface area contributed by atoms with Crippen molar-refractivity contribution in [1.82, 2.24) is 0 Å². The van der Waals surface area contributed by atoms with Crippen molar-refractivity contribution in [3.05, 3.63) is 94.0 Å². The van der Waals surface area contributed by atoms with Gasteiger partial charge >= 0.3 is 0 Å². The fraction of sp³-hybridized carbons (Fsp3) is 0.640. The Morgan fingerprint density at radius 2 is 0.827 bits per heavy atom. The topological polar surface area (TPSA) is 0 Å². The zero-order valence-electron chi connectivity index (χ0n) is 34.0. The van der Waals surface area contributed by atoms with Gasteiger partial charge in [-0.3, -0.25) is 0 Å². The molecule has 8 saturated carbocycles. The van der Waals surface area contributed by atoms with Crippen molar-refractivity contribution in [2.75, 3.05) is 0 Å². The van der Waals surface area contributed by atoms with Crippen LogP contribution in [-0.2, 0) is 23.2 Å². The smallest absolute Gasteiger partial charge is 0.00106 e. The molecule has 0 amide bonds. The summed E-state index contributed by atoms with van der Waals surface area (Å²) in [6, 6.07) is 24.4. The third-order valence-corrected chi connectivity index (χ3v) is 22.4. The molecule has 0 aromatic heterocycles. The van der Waals surface area contributed by atoms with E-state index in [-0.39, 0.29) is 18.8 Å². The normalized spacial score (nSPS) is 34.0. The zero-order chi connectivity index (χ0) is 36.2. The van der Waals surface area contributed by atoms with Crippen molar-refractivity contribution in [1.29, 1.82) is 0 Å². The molecular formula is C50H68P2. The second kappa shape index (κ2) is 13.0. The Balaban J connectivity index is 1.22. The molecule has 8 aliphatic carbocycles. The Morgan fingerprint density at radius 1 is 0.500 bits per heavy atom. The van der Waals surface area contributed by atoms with Crippen LogP contribution in [0.25, 0.3) is 0 Å². The first-order valence-corrected chi connectivity index (χ1v) is 24.6. The van der Waals surface area contributed by atoms with Gasteiger partial charge in [-0.2, -0.15) is 0 Å². The van der Waals surface area contributed by atoms with E-state index in [2.05, 4.69) is 116 Å². The van der Waals surface area contributed by atoms with Crippen molar-refractivity contribution >= 4 is 26.5 Å². The second-order valence-corrected chi connectivity index (χ2v) is 26.9. The Bertz CT molecular complexity index is 1650. The van der Waals surface area contributed by atoms with Gasteiger partial charge in [-0.15, -0.1) is 0 Å². The summed E-state index contributed by atoms with van der Waals surface area (Å²) in [5.74, 6) is 6.21. The van der Waals surface area contributed by atoms with Crippen molar-refractivity contribution in [3.63, 3.8) is 0 Å². The summed E-state index contributed by atoms with van der Waals surface area (Å²) >= 11 is 0. The van der Waals surface area contributed by atoms with Crippen LogP contribution < -0.4 is 10.6 Å². The SMILES string of the molecule is Cc1ccccc1P(Cc1cc(C(C)(C)C)c(C(C)(C)C)cc1CP(C12CC3CC(CC(C3)C1)C2)C12CC3CC(CC(C3)C1)C2)c1ccccc1C. The van der Waals surface area contributed by atoms with E-state index in [9.17, 15) is 0 Å². The first-order valence-electron chi connectivity index (χ1n) is 21.5. The van der Waals surface area contributed by atoms with Crippen LogP contribution in [0.5, 0.6) is 0 Å². The maximum absolute atomic E-state index is 2.86. The van der Waals surface area contributed by atoms with E-state index < -0.39 is 7.92 Å². The molecule has 3 aromatic carbocycles. The van der Waals surface area contributed by atoms with Gasteiger partial charge in [0.2, 0.25) is 0 Å². The van der Waals surface area contributed by atoms with E-state index in [1.807, 2.05) is 0 Å². The molecule has 0 aliphatic heterocycles. The van der Waals surface area contributed by atoms with Gasteiger partial charge in [0.05, 0.1) is 0 Å². The van der Waals surface area contributed by atoms with Crippen LogP contribution in [-0.4, -0.2) is 10.3 Å². The van der Waals surface area contributed by atoms with E-state index in [1.54, 1.807) is 110 Å². The minimum absolute atomic E-state index is 0.106. The monoisotopic (exact) mass is 730 g/mol. The van der Waals surface area contributed by atoms with Crippen molar-refractivity contribution in [2.24, 2.45) is 35.5 Å². The molecule has 0 nitrogen and oxygen atoms in total. The molecule has 2 heteroatoms. The summed E-state index contributed by atoms with van der Waals surface area (Å²) < 4.78 is 0. The maximum atomic E-state index is 2.86. The van der Waals surface area contributed by atoms with Gasteiger partial charge in [0, 0.05) is 6.16 Å². The van der Waals surface area contributed by atoms with Gasteiger partial charge in [0.25, 0.3) is 0 Å². The average Bonchev–Trinajstić information content (AvgIpc) is 3.05. The molecule has 0 radical (unpaired) electrons. The van der Waals surface area contributed by atoms with Crippen LogP contribution in [0.3, 0.4) is 0 Å². The molecule has 8 fully saturated rings. The quantitative estimate of drug-likeness (QED) is 0.203. The van der Waals surface area contributed by atoms with E-state index in [0.717, 1.165) is 35.5 Å². The fourth-order valence-electron chi connectivity index (χ4n) is 14.2. The molecule has 3 aromatic rings. The van der Waals surface area contributed by atoms with Crippen LogP contribution in [0.15, 0.2) is 60.7 Å². The highest BCUT2D eigenvalue weighted by Gasteiger charge is 2.62. The van der Waals surface area contributed by atoms with E-state index in [4.69, 9.17) is 0 Å². The molecule has 52 heavy (non-hydrogen) atoms. The second-order valence-electron chi connectivity index (χ2n) is 21.7. The first-order chi connectivity index (χ1) is 24.7. The number of aryl methyl sites for hydroxylation is 2. The molecule has 0 unspecified atom stereocenters. The molecule has 0 heterocycles. The zero-order valence-corrected chi connectivity index (χ0v) is 35.8. The summed E-state index contributed by atoms with van der Waals surface area (Å²) in [4.78, 5) is 0. The number of hydrogen-bond acceptors (Lipinski definition) is 0. The molecule has 0 atom stereocenters. The van der Waals surface area contributed by atoms with Crippen molar-refractivity contribution in [3.8, 4) is 0 Å². The van der Waals surface area contributed by atoms with Crippen LogP contribution in [0.4, 0.5) is 0 Å². The summed E-state index contributed by atoms with van der Waals surface area (Å²) in [6.45, 7) is 19.7. The van der Waals surface area contributed by atoms with Gasteiger partial charge in [-0.1, -0.05) is 110 Å². The van der Waals surface area contributed by atoms with Gasteiger partial charge in [0.1, 0.15) is 0 Å². The van der Waals surface area contributed by atoms with Crippen molar-refractivity contribution < 1.29 is 0 Å². The van der Waals surface area contributed by atoms with Crippen LogP contribution in [0.2, 0.25) is 0 Å². The number of hydrogen-bond donors (Lipinski definition) is 0. The average molecular weight is 731 g/mol. The minimum atomic E-state index is -0.543. The van der Waals surface area contributed by atoms with Gasteiger partial charge in [-0.05, 0) is 206 Å². The molecule has 11 rings (SSSR count). The lowest BCUT2D eigenvalue weighted by molar-refractivity contribution is 0.0184. The molecule has 278 valence electrons. The molecule has 0 spiro atoms. The predicted octanol–water partition coefficient (Wildman–Crippen LogP) is 13.5. The molecular weight excluding hydrogens is 662 g/mol. The predicted molar refractivity (Wildman–Crippen MR) is 229 cm³/mol. The Kier molecular flexibility index (Phi) is 9.08. The standard InChI is InChI=1S/C50H68P2/c1-33-13-9-11-15-45(33)51(46-16-12-10-14-34(46)2)31-41-23-43(47(3,4)5)44(48(6,7)8)24-42(41)32-52(49-25-35-17-36(26-49)19-37(18-35)27-49)50-28-38-20-39(29-50)22-40(21-38)30-50/h9-16,23-24,35-40H,17-22,25-32H2,1-8H3. The van der Waals surface area contributed by atoms with Crippen LogP contribution >= 0.6 is 15.8 Å². The summed E-state index contributed by atoms with van der Waals surface area (Å²) in [7, 11) is -0.669. The highest BCUT2D eigenvalue weighted by atomic mass is 31.1. The summed E-state index contributed by atoms with van der Waals surface area (Å²) in [5.41, 5.74) is 9.86. The molecule has 8 bridgehead atoms. The van der Waals surface area contributed by atoms with E-state index in [1.165, 1.54) is 23.5 Å². The van der Waals surface area contributed by atoms with E-state index in [0.29, 0.717) is 10.3 Å². The Hall–Kier alpha value is -1.48. The first kappa shape index (κ1) is 36.2. The summed E-state index contributed by atoms with van der Waals surface area (Å²) in [6.07, 6.45) is 21.5. The van der Waals surface area contributed by atoms with Crippen LogP contribution in [0, 0.1) is 49.4 Å². The lowest BCUT2D eigenvalue weighted by Crippen LogP contribution is -2.56. The highest BCUT2D eigenvalue weighted by molar-refractivity contribution is 7.72. The number of rotatable bonds is 8. The van der Waals surface area contributed by atoms with Gasteiger partial charge < -0.3 is 0 Å². The van der Waals surface area contributed by atoms with Gasteiger partial charge in [0.15, 0.2) is 0 Å². The minimum Gasteiger partial charge on any atom is -0.0894 e. The number of benzene rings is 3. The third-order valence-electron chi connectivity index (χ3n) is 15.6. The summed E-state index contributed by atoms with van der Waals surface area (Å²) in [5, 5.41) is 4.46. The van der Waals surface area contributed by atoms with Crippen LogP contribution in [0.1, 0.15) is 152 Å². The largest absolute Gasteiger partial charge is 0.0894 e. The Morgan fingerprint density at radius 3 is 1.15 bits per heavy atom. The lowest BCUT2D eigenvalue weighted by atomic mass is 9.55. The molecule has 0 saturated heterocycles. The van der Waals surface area contributed by atoms with E-state index >= 15 is 0 Å². The maximum Gasteiger partial charge on any atom is 0.00106 e. The highest BCUT2D eigenvalue weighted by Crippen LogP contribution is 2.80. The third kappa shape index (κ3) is 6.43. The Labute approximate surface area is 320 Å². The van der Waals surface area contributed by atoms with Gasteiger partial charge in [-0.25, -0.2) is 0 Å². The fourth-order valence-corrected chi connectivity index (χ4v) is 22.2.